The average molecular weight is 929 g/mol. The van der Waals surface area contributed by atoms with Gasteiger partial charge in [0.25, 0.3) is 0 Å². The highest BCUT2D eigenvalue weighted by atomic mass is 16.5. The summed E-state index contributed by atoms with van der Waals surface area (Å²) in [5, 5.41) is 23.0. The van der Waals surface area contributed by atoms with Crippen LogP contribution in [0.15, 0.2) is 36.5 Å². The van der Waals surface area contributed by atoms with E-state index in [4.69, 9.17) is 4.74 Å². The highest BCUT2D eigenvalue weighted by molar-refractivity contribution is 5.76. The molecule has 0 aromatic heterocycles. The molecule has 0 aromatic carbocycles. The lowest BCUT2D eigenvalue weighted by atomic mass is 10.0. The van der Waals surface area contributed by atoms with Gasteiger partial charge in [-0.05, 0) is 64.2 Å². The topological polar surface area (TPSA) is 95.9 Å². The predicted octanol–water partition coefficient (Wildman–Crippen LogP) is 18.0. The number of carbonyl (C=O) groups excluding carboxylic acids is 2. The number of amides is 1. The summed E-state index contributed by atoms with van der Waals surface area (Å²) in [6.45, 7) is 4.88. The number of nitrogens with one attached hydrogen (secondary N) is 1. The molecule has 0 rings (SSSR count). The van der Waals surface area contributed by atoms with Gasteiger partial charge in [-0.2, -0.15) is 0 Å². The summed E-state index contributed by atoms with van der Waals surface area (Å²) >= 11 is 0. The van der Waals surface area contributed by atoms with E-state index in [0.29, 0.717) is 19.4 Å². The van der Waals surface area contributed by atoms with Crippen molar-refractivity contribution in [2.24, 2.45) is 0 Å². The number of esters is 1. The van der Waals surface area contributed by atoms with E-state index in [1.54, 1.807) is 6.08 Å². The van der Waals surface area contributed by atoms with Gasteiger partial charge < -0.3 is 20.3 Å². The van der Waals surface area contributed by atoms with E-state index in [-0.39, 0.29) is 18.5 Å². The molecule has 3 N–H and O–H groups in total. The third-order valence-corrected chi connectivity index (χ3v) is 13.4. The number of carbonyl (C=O) groups is 2. The van der Waals surface area contributed by atoms with Gasteiger partial charge in [0.2, 0.25) is 5.91 Å². The molecule has 6 nitrogen and oxygen atoms in total. The summed E-state index contributed by atoms with van der Waals surface area (Å²) in [6.07, 6.45) is 68.9. The maximum atomic E-state index is 12.4. The van der Waals surface area contributed by atoms with Crippen LogP contribution in [-0.2, 0) is 14.3 Å². The van der Waals surface area contributed by atoms with Crippen LogP contribution in [-0.4, -0.2) is 47.4 Å². The summed E-state index contributed by atoms with van der Waals surface area (Å²) in [7, 11) is 0. The smallest absolute Gasteiger partial charge is 0.305 e. The Bertz CT molecular complexity index is 1070. The fourth-order valence-corrected chi connectivity index (χ4v) is 8.90. The summed E-state index contributed by atoms with van der Waals surface area (Å²) in [5.41, 5.74) is 0. The van der Waals surface area contributed by atoms with Gasteiger partial charge in [-0.25, -0.2) is 0 Å². The zero-order chi connectivity index (χ0) is 47.9. The van der Waals surface area contributed by atoms with Crippen molar-refractivity contribution >= 4 is 11.9 Å². The Balaban J connectivity index is 3.43. The monoisotopic (exact) mass is 928 g/mol. The van der Waals surface area contributed by atoms with Crippen molar-refractivity contribution in [3.05, 3.63) is 36.5 Å². The number of unbranched alkanes of at least 4 members (excludes halogenated alkanes) is 39. The summed E-state index contributed by atoms with van der Waals surface area (Å²) in [5.74, 6) is -0.0708. The second-order valence-corrected chi connectivity index (χ2v) is 20.0. The van der Waals surface area contributed by atoms with Gasteiger partial charge >= 0.3 is 5.97 Å². The van der Waals surface area contributed by atoms with Gasteiger partial charge in [-0.3, -0.25) is 9.59 Å². The minimum Gasteiger partial charge on any atom is -0.466 e. The van der Waals surface area contributed by atoms with Crippen LogP contribution in [0.25, 0.3) is 0 Å². The van der Waals surface area contributed by atoms with Crippen LogP contribution in [0.5, 0.6) is 0 Å². The van der Waals surface area contributed by atoms with Crippen molar-refractivity contribution in [2.75, 3.05) is 13.2 Å². The Morgan fingerprint density at radius 3 is 1.15 bits per heavy atom. The number of allylic oxidation sites excluding steroid dienone is 5. The molecule has 0 spiro atoms. The maximum absolute atomic E-state index is 12.4. The second-order valence-electron chi connectivity index (χ2n) is 20.0. The Kier molecular flexibility index (Phi) is 54.1. The number of ether oxygens (including phenoxy) is 1. The van der Waals surface area contributed by atoms with Crippen molar-refractivity contribution in [1.82, 2.24) is 5.32 Å². The standard InChI is InChI=1S/C60H113NO5/c1-3-5-7-9-11-13-15-16-17-28-31-34-38-42-46-50-54-60(65)66-55-51-47-43-39-35-32-29-26-24-22-20-18-19-21-23-25-27-30-33-37-41-45-49-53-59(64)61-57(56-62)58(63)52-48-44-40-36-14-12-10-8-6-4-2/h18,20-21,23,48,52,57-58,62-63H,3-17,19,22,24-47,49-51,53-56H2,1-2H3,(H,61,64)/b20-18-,23-21-,52-48+. The molecule has 0 aliphatic rings. The Hall–Kier alpha value is -1.92. The van der Waals surface area contributed by atoms with Crippen molar-refractivity contribution in [3.8, 4) is 0 Å². The first-order valence-corrected chi connectivity index (χ1v) is 29.3. The number of aliphatic hydroxyl groups excluding tert-OH is 2. The minimum absolute atomic E-state index is 0.00961. The number of aliphatic hydroxyl groups is 2. The molecule has 0 saturated carbocycles. The first kappa shape index (κ1) is 64.1. The lowest BCUT2D eigenvalue weighted by Crippen LogP contribution is -2.45. The van der Waals surface area contributed by atoms with Crippen LogP contribution in [0.2, 0.25) is 0 Å². The van der Waals surface area contributed by atoms with Gasteiger partial charge in [0.15, 0.2) is 0 Å². The van der Waals surface area contributed by atoms with Crippen LogP contribution in [0, 0.1) is 0 Å². The molecule has 0 radical (unpaired) electrons. The molecule has 66 heavy (non-hydrogen) atoms. The van der Waals surface area contributed by atoms with Crippen molar-refractivity contribution in [1.29, 1.82) is 0 Å². The number of hydrogen-bond acceptors (Lipinski definition) is 5. The van der Waals surface area contributed by atoms with Gasteiger partial charge in [0, 0.05) is 12.8 Å². The van der Waals surface area contributed by atoms with Gasteiger partial charge in [-0.1, -0.05) is 269 Å². The van der Waals surface area contributed by atoms with Crippen LogP contribution in [0.1, 0.15) is 309 Å². The summed E-state index contributed by atoms with van der Waals surface area (Å²) < 4.78 is 5.48. The number of rotatable bonds is 54. The first-order chi connectivity index (χ1) is 32.5. The fourth-order valence-electron chi connectivity index (χ4n) is 8.90. The molecule has 0 saturated heterocycles. The summed E-state index contributed by atoms with van der Waals surface area (Å²) in [4.78, 5) is 24.5. The SMILES string of the molecule is CCCCCCCCCC/C=C/C(O)C(CO)NC(=O)CCCCCCCCC/C=C\C/C=C\CCCCCCCCCCCOC(=O)CCCCCCCCCCCCCCCCCC. The molecule has 6 heteroatoms. The van der Waals surface area contributed by atoms with Crippen molar-refractivity contribution in [2.45, 2.75) is 321 Å². The van der Waals surface area contributed by atoms with E-state index in [9.17, 15) is 19.8 Å². The lowest BCUT2D eigenvalue weighted by molar-refractivity contribution is -0.143. The molecule has 388 valence electrons. The van der Waals surface area contributed by atoms with E-state index < -0.39 is 12.1 Å². The minimum atomic E-state index is -0.849. The van der Waals surface area contributed by atoms with Crippen LogP contribution >= 0.6 is 0 Å². The van der Waals surface area contributed by atoms with Crippen LogP contribution in [0.3, 0.4) is 0 Å². The molecule has 0 fully saturated rings. The zero-order valence-corrected chi connectivity index (χ0v) is 44.2. The number of hydrogen-bond donors (Lipinski definition) is 3. The highest BCUT2D eigenvalue weighted by Crippen LogP contribution is 2.16. The van der Waals surface area contributed by atoms with E-state index >= 15 is 0 Å². The van der Waals surface area contributed by atoms with Gasteiger partial charge in [-0.15, -0.1) is 0 Å². The molecule has 0 aromatic rings. The third-order valence-electron chi connectivity index (χ3n) is 13.4. The Labute approximate surface area is 411 Å². The van der Waals surface area contributed by atoms with E-state index in [1.165, 1.54) is 225 Å². The summed E-state index contributed by atoms with van der Waals surface area (Å²) in [6, 6.07) is -0.634. The molecule has 0 aliphatic carbocycles. The van der Waals surface area contributed by atoms with E-state index in [2.05, 4.69) is 43.5 Å². The Morgan fingerprint density at radius 1 is 0.424 bits per heavy atom. The molecule has 2 unspecified atom stereocenters. The largest absolute Gasteiger partial charge is 0.466 e. The molecule has 0 heterocycles. The lowest BCUT2D eigenvalue weighted by Gasteiger charge is -2.20. The predicted molar refractivity (Wildman–Crippen MR) is 287 cm³/mol. The van der Waals surface area contributed by atoms with Gasteiger partial charge in [0.05, 0.1) is 25.4 Å². The third kappa shape index (κ3) is 51.5. The first-order valence-electron chi connectivity index (χ1n) is 29.3. The quantitative estimate of drug-likeness (QED) is 0.0321. The van der Waals surface area contributed by atoms with Crippen LogP contribution in [0.4, 0.5) is 0 Å². The van der Waals surface area contributed by atoms with E-state index in [1.807, 2.05) is 6.08 Å². The van der Waals surface area contributed by atoms with E-state index in [0.717, 1.165) is 57.8 Å². The molecule has 1 amide bonds. The van der Waals surface area contributed by atoms with Gasteiger partial charge in [0.1, 0.15) is 0 Å². The molecule has 0 aliphatic heterocycles. The van der Waals surface area contributed by atoms with Crippen molar-refractivity contribution in [3.63, 3.8) is 0 Å². The molecule has 2 atom stereocenters. The maximum Gasteiger partial charge on any atom is 0.305 e. The normalized spacial score (nSPS) is 12.8. The molecule has 0 bridgehead atoms. The van der Waals surface area contributed by atoms with Crippen LogP contribution < -0.4 is 5.32 Å². The highest BCUT2D eigenvalue weighted by Gasteiger charge is 2.18. The zero-order valence-electron chi connectivity index (χ0n) is 44.2. The Morgan fingerprint density at radius 2 is 0.758 bits per heavy atom. The molecular weight excluding hydrogens is 815 g/mol. The molecular formula is C60H113NO5. The second kappa shape index (κ2) is 55.7. The van der Waals surface area contributed by atoms with Crippen molar-refractivity contribution < 1.29 is 24.5 Å². The average Bonchev–Trinajstić information content (AvgIpc) is 3.32. The fraction of sp³-hybridized carbons (Fsp3) is 0.867.